The molecule has 4 rings (SSSR count). The molecule has 0 spiro atoms. The maximum absolute atomic E-state index is 5.36. The number of aromatic nitrogens is 4. The molecule has 0 bridgehead atoms. The molecule has 1 N–H and O–H groups in total. The van der Waals surface area contributed by atoms with Gasteiger partial charge in [-0.1, -0.05) is 0 Å². The van der Waals surface area contributed by atoms with Crippen LogP contribution in [0.1, 0.15) is 30.1 Å². The molecule has 0 amide bonds. The van der Waals surface area contributed by atoms with Gasteiger partial charge in [0.15, 0.2) is 0 Å². The van der Waals surface area contributed by atoms with E-state index >= 15 is 0 Å². The number of ether oxygens (including phenoxy) is 1. The lowest BCUT2D eigenvalue weighted by Crippen LogP contribution is -2.37. The van der Waals surface area contributed by atoms with Crippen LogP contribution in [0.4, 0.5) is 5.95 Å². The molecule has 0 unspecified atom stereocenters. The summed E-state index contributed by atoms with van der Waals surface area (Å²) in [6, 6.07) is 0. The molecule has 2 aromatic heterocycles. The highest BCUT2D eigenvalue weighted by Gasteiger charge is 2.20. The summed E-state index contributed by atoms with van der Waals surface area (Å²) in [6.45, 7) is 6.08. The smallest absolute Gasteiger partial charge is 0.225 e. The van der Waals surface area contributed by atoms with E-state index in [0.29, 0.717) is 5.92 Å². The first-order chi connectivity index (χ1) is 11.9. The summed E-state index contributed by atoms with van der Waals surface area (Å²) < 4.78 is 7.63. The standard InChI is InChI=1S/C17H24N6O/c1-2-15(16-19-3-5-22(16)4-1)13-18-10-14-11-20-17(21-12-14)23-6-8-24-9-7-23/h3,5,11-12,15,18H,1-2,4,6-10,13H2/t15-/m1/s1. The van der Waals surface area contributed by atoms with Crippen LogP contribution in [0.15, 0.2) is 24.8 Å². The molecule has 4 heterocycles. The minimum Gasteiger partial charge on any atom is -0.378 e. The summed E-state index contributed by atoms with van der Waals surface area (Å²) >= 11 is 0. The Kier molecular flexibility index (Phi) is 4.71. The van der Waals surface area contributed by atoms with Crippen molar-refractivity contribution in [2.24, 2.45) is 0 Å². The predicted octanol–water partition coefficient (Wildman–Crippen LogP) is 1.18. The molecule has 2 aromatic rings. The maximum atomic E-state index is 5.36. The van der Waals surface area contributed by atoms with E-state index in [4.69, 9.17) is 4.74 Å². The number of hydrogen-bond acceptors (Lipinski definition) is 6. The Morgan fingerprint density at radius 2 is 1.96 bits per heavy atom. The van der Waals surface area contributed by atoms with Crippen LogP contribution in [0.25, 0.3) is 0 Å². The average Bonchev–Trinajstić information content (AvgIpc) is 3.13. The summed E-state index contributed by atoms with van der Waals surface area (Å²) in [5.41, 5.74) is 1.12. The second kappa shape index (κ2) is 7.27. The molecule has 2 aliphatic heterocycles. The predicted molar refractivity (Wildman–Crippen MR) is 91.0 cm³/mol. The zero-order chi connectivity index (χ0) is 16.2. The van der Waals surface area contributed by atoms with Gasteiger partial charge in [-0.05, 0) is 12.8 Å². The highest BCUT2D eigenvalue weighted by atomic mass is 16.5. The summed E-state index contributed by atoms with van der Waals surface area (Å²) in [6.07, 6.45) is 10.3. The van der Waals surface area contributed by atoms with Gasteiger partial charge in [0.25, 0.3) is 0 Å². The monoisotopic (exact) mass is 328 g/mol. The first-order valence-corrected chi connectivity index (χ1v) is 8.75. The van der Waals surface area contributed by atoms with Crippen LogP contribution < -0.4 is 10.2 Å². The zero-order valence-corrected chi connectivity index (χ0v) is 13.9. The van der Waals surface area contributed by atoms with Crippen molar-refractivity contribution in [1.82, 2.24) is 24.8 Å². The normalized spacial score (nSPS) is 20.8. The van der Waals surface area contributed by atoms with E-state index in [2.05, 4.69) is 35.9 Å². The number of aryl methyl sites for hydroxylation is 1. The molecule has 1 saturated heterocycles. The van der Waals surface area contributed by atoms with Gasteiger partial charge in [0.2, 0.25) is 5.95 Å². The van der Waals surface area contributed by atoms with Crippen molar-refractivity contribution in [1.29, 1.82) is 0 Å². The molecule has 24 heavy (non-hydrogen) atoms. The van der Waals surface area contributed by atoms with Crippen LogP contribution in [-0.4, -0.2) is 52.4 Å². The molecule has 0 aliphatic carbocycles. The van der Waals surface area contributed by atoms with Crippen molar-refractivity contribution in [3.63, 3.8) is 0 Å². The first kappa shape index (κ1) is 15.5. The van der Waals surface area contributed by atoms with Crippen molar-refractivity contribution in [2.75, 3.05) is 37.7 Å². The maximum Gasteiger partial charge on any atom is 0.225 e. The quantitative estimate of drug-likeness (QED) is 0.889. The number of nitrogens with one attached hydrogen (secondary N) is 1. The zero-order valence-electron chi connectivity index (χ0n) is 13.9. The molecule has 2 aliphatic rings. The molecule has 0 radical (unpaired) electrons. The van der Waals surface area contributed by atoms with Crippen LogP contribution in [-0.2, 0) is 17.8 Å². The van der Waals surface area contributed by atoms with Gasteiger partial charge in [0.1, 0.15) is 5.82 Å². The third-order valence-electron chi connectivity index (χ3n) is 4.77. The molecular formula is C17H24N6O. The Hall–Kier alpha value is -1.99. The van der Waals surface area contributed by atoms with Crippen molar-refractivity contribution in [3.8, 4) is 0 Å². The third kappa shape index (κ3) is 3.42. The van der Waals surface area contributed by atoms with Gasteiger partial charge in [-0.15, -0.1) is 0 Å². The average molecular weight is 328 g/mol. The van der Waals surface area contributed by atoms with Gasteiger partial charge in [-0.25, -0.2) is 15.0 Å². The van der Waals surface area contributed by atoms with Gasteiger partial charge in [-0.2, -0.15) is 0 Å². The Labute approximate surface area is 142 Å². The lowest BCUT2D eigenvalue weighted by molar-refractivity contribution is 0.122. The van der Waals surface area contributed by atoms with Crippen LogP contribution in [0, 0.1) is 0 Å². The van der Waals surface area contributed by atoms with Crippen molar-refractivity contribution >= 4 is 5.95 Å². The Morgan fingerprint density at radius 1 is 1.12 bits per heavy atom. The van der Waals surface area contributed by atoms with Crippen molar-refractivity contribution < 1.29 is 4.74 Å². The molecular weight excluding hydrogens is 304 g/mol. The van der Waals surface area contributed by atoms with E-state index in [1.807, 2.05) is 18.6 Å². The first-order valence-electron chi connectivity index (χ1n) is 8.75. The topological polar surface area (TPSA) is 68.1 Å². The van der Waals surface area contributed by atoms with Crippen LogP contribution >= 0.6 is 0 Å². The van der Waals surface area contributed by atoms with E-state index in [0.717, 1.165) is 57.4 Å². The minimum absolute atomic E-state index is 0.502. The number of rotatable bonds is 5. The van der Waals surface area contributed by atoms with Crippen LogP contribution in [0.2, 0.25) is 0 Å². The molecule has 0 saturated carbocycles. The van der Waals surface area contributed by atoms with E-state index in [1.54, 1.807) is 0 Å². The molecule has 1 fully saturated rings. The fourth-order valence-corrected chi connectivity index (χ4v) is 3.46. The van der Waals surface area contributed by atoms with Gasteiger partial charge in [0, 0.05) is 69.0 Å². The van der Waals surface area contributed by atoms with Gasteiger partial charge < -0.3 is 19.5 Å². The number of anilines is 1. The van der Waals surface area contributed by atoms with E-state index in [9.17, 15) is 0 Å². The Bertz CT molecular complexity index is 649. The highest BCUT2D eigenvalue weighted by Crippen LogP contribution is 2.24. The lowest BCUT2D eigenvalue weighted by atomic mass is 9.99. The minimum atomic E-state index is 0.502. The van der Waals surface area contributed by atoms with Gasteiger partial charge in [-0.3, -0.25) is 0 Å². The summed E-state index contributed by atoms with van der Waals surface area (Å²) in [7, 11) is 0. The second-order valence-corrected chi connectivity index (χ2v) is 6.44. The van der Waals surface area contributed by atoms with E-state index in [-0.39, 0.29) is 0 Å². The SMILES string of the molecule is c1cn2c(n1)[C@@H](CNCc1cnc(N3CCOCC3)nc1)CCC2. The number of nitrogens with zero attached hydrogens (tertiary/aromatic N) is 5. The molecule has 7 heteroatoms. The van der Waals surface area contributed by atoms with Crippen molar-refractivity contribution in [2.45, 2.75) is 31.8 Å². The van der Waals surface area contributed by atoms with Crippen LogP contribution in [0.3, 0.4) is 0 Å². The third-order valence-corrected chi connectivity index (χ3v) is 4.77. The lowest BCUT2D eigenvalue weighted by Gasteiger charge is -2.26. The Balaban J connectivity index is 1.29. The largest absolute Gasteiger partial charge is 0.378 e. The number of imidazole rings is 1. The Morgan fingerprint density at radius 3 is 2.79 bits per heavy atom. The number of morpholine rings is 1. The molecule has 0 aromatic carbocycles. The van der Waals surface area contributed by atoms with Crippen LogP contribution in [0.5, 0.6) is 0 Å². The fraction of sp³-hybridized carbons (Fsp3) is 0.588. The van der Waals surface area contributed by atoms with Gasteiger partial charge in [0.05, 0.1) is 13.2 Å². The fourth-order valence-electron chi connectivity index (χ4n) is 3.46. The molecule has 128 valence electrons. The van der Waals surface area contributed by atoms with Gasteiger partial charge >= 0.3 is 0 Å². The molecule has 1 atom stereocenters. The van der Waals surface area contributed by atoms with Crippen molar-refractivity contribution in [3.05, 3.63) is 36.2 Å². The van der Waals surface area contributed by atoms with E-state index in [1.165, 1.54) is 18.7 Å². The summed E-state index contributed by atoms with van der Waals surface area (Å²) in [5.74, 6) is 2.52. The number of hydrogen-bond donors (Lipinski definition) is 1. The highest BCUT2D eigenvalue weighted by molar-refractivity contribution is 5.30. The molecule has 7 nitrogen and oxygen atoms in total. The second-order valence-electron chi connectivity index (χ2n) is 6.44. The summed E-state index contributed by atoms with van der Waals surface area (Å²) in [4.78, 5) is 15.7. The number of fused-ring (bicyclic) bond motifs is 1. The summed E-state index contributed by atoms with van der Waals surface area (Å²) in [5, 5.41) is 3.53. The van der Waals surface area contributed by atoms with E-state index < -0.39 is 0 Å².